The van der Waals surface area contributed by atoms with Crippen molar-refractivity contribution in [3.8, 4) is 0 Å². The Bertz CT molecular complexity index is 343. The Kier molecular flexibility index (Phi) is 3.55. The van der Waals surface area contributed by atoms with Crippen molar-refractivity contribution in [3.05, 3.63) is 33.8 Å². The van der Waals surface area contributed by atoms with E-state index in [0.717, 1.165) is 25.7 Å². The van der Waals surface area contributed by atoms with Crippen molar-refractivity contribution in [3.63, 3.8) is 0 Å². The Hall–Kier alpha value is -0.240. The van der Waals surface area contributed by atoms with Crippen LogP contribution in [-0.4, -0.2) is 11.2 Å². The van der Waals surface area contributed by atoms with Gasteiger partial charge in [0.25, 0.3) is 0 Å². The second-order valence-corrected chi connectivity index (χ2v) is 4.99. The van der Waals surface area contributed by atoms with Crippen molar-refractivity contribution < 1.29 is 5.11 Å². The number of hydrogen-bond acceptors (Lipinski definition) is 1. The van der Waals surface area contributed by atoms with Crippen LogP contribution < -0.4 is 0 Å². The Morgan fingerprint density at radius 1 is 1.00 bits per heavy atom. The molecule has 0 atom stereocenters. The summed E-state index contributed by atoms with van der Waals surface area (Å²) in [5.41, 5.74) is 1.25. The number of halogens is 2. The van der Waals surface area contributed by atoms with Crippen molar-refractivity contribution in [1.29, 1.82) is 0 Å². The third kappa shape index (κ3) is 2.66. The van der Waals surface area contributed by atoms with Crippen molar-refractivity contribution in [1.82, 2.24) is 0 Å². The van der Waals surface area contributed by atoms with Gasteiger partial charge in [-0.25, -0.2) is 0 Å². The number of aliphatic hydroxyl groups is 1. The molecule has 1 aliphatic rings. The lowest BCUT2D eigenvalue weighted by Crippen LogP contribution is -2.16. The molecule has 1 aliphatic carbocycles. The molecule has 2 rings (SSSR count). The topological polar surface area (TPSA) is 20.2 Å². The molecule has 1 aromatic carbocycles. The lowest BCUT2D eigenvalue weighted by molar-refractivity contribution is 0.122. The minimum absolute atomic E-state index is 0.107. The Labute approximate surface area is 100 Å². The first kappa shape index (κ1) is 11.3. The van der Waals surface area contributed by atoms with E-state index in [1.54, 1.807) is 0 Å². The van der Waals surface area contributed by atoms with Crippen LogP contribution in [0.3, 0.4) is 0 Å². The highest BCUT2D eigenvalue weighted by atomic mass is 35.5. The smallest absolute Gasteiger partial charge is 0.0595 e. The van der Waals surface area contributed by atoms with Gasteiger partial charge in [0.15, 0.2) is 0 Å². The van der Waals surface area contributed by atoms with E-state index in [4.69, 9.17) is 23.2 Å². The average Bonchev–Trinajstić information content (AvgIpc) is 2.23. The van der Waals surface area contributed by atoms with E-state index in [9.17, 15) is 5.11 Å². The largest absolute Gasteiger partial charge is 0.393 e. The van der Waals surface area contributed by atoms with Crippen LogP contribution in [0.5, 0.6) is 0 Å². The van der Waals surface area contributed by atoms with Gasteiger partial charge in [0.2, 0.25) is 0 Å². The maximum atomic E-state index is 9.43. The molecular formula is C12H14Cl2O. The van der Waals surface area contributed by atoms with Gasteiger partial charge in [0.1, 0.15) is 0 Å². The van der Waals surface area contributed by atoms with Crippen LogP contribution in [0.1, 0.15) is 37.2 Å². The summed E-state index contributed by atoms with van der Waals surface area (Å²) in [7, 11) is 0. The monoisotopic (exact) mass is 244 g/mol. The Morgan fingerprint density at radius 3 is 2.27 bits per heavy atom. The summed E-state index contributed by atoms with van der Waals surface area (Å²) in [4.78, 5) is 0. The fourth-order valence-electron chi connectivity index (χ4n) is 2.18. The number of rotatable bonds is 1. The van der Waals surface area contributed by atoms with E-state index in [-0.39, 0.29) is 6.10 Å². The summed E-state index contributed by atoms with van der Waals surface area (Å²) in [6.07, 6.45) is 3.76. The zero-order chi connectivity index (χ0) is 10.8. The molecule has 1 saturated carbocycles. The number of hydrogen-bond donors (Lipinski definition) is 1. The summed E-state index contributed by atoms with van der Waals surface area (Å²) in [6.45, 7) is 0. The maximum Gasteiger partial charge on any atom is 0.0595 e. The Morgan fingerprint density at radius 2 is 1.67 bits per heavy atom. The second-order valence-electron chi connectivity index (χ2n) is 4.18. The number of benzene rings is 1. The van der Waals surface area contributed by atoms with E-state index in [1.165, 1.54) is 5.56 Å². The van der Waals surface area contributed by atoms with Gasteiger partial charge in [-0.05, 0) is 49.3 Å². The van der Waals surface area contributed by atoms with Crippen LogP contribution in [0, 0.1) is 0 Å². The SMILES string of the molecule is OC1CCC(c2ccc(Cl)c(Cl)c2)CC1. The van der Waals surface area contributed by atoms with Crippen LogP contribution >= 0.6 is 23.2 Å². The lowest BCUT2D eigenvalue weighted by Gasteiger charge is -2.25. The molecule has 0 unspecified atom stereocenters. The molecule has 1 N–H and O–H groups in total. The predicted octanol–water partition coefficient (Wildman–Crippen LogP) is 4.01. The number of aliphatic hydroxyl groups excluding tert-OH is 1. The zero-order valence-corrected chi connectivity index (χ0v) is 9.93. The minimum atomic E-state index is -0.107. The third-order valence-electron chi connectivity index (χ3n) is 3.11. The van der Waals surface area contributed by atoms with Gasteiger partial charge in [0.05, 0.1) is 16.1 Å². The van der Waals surface area contributed by atoms with E-state index in [2.05, 4.69) is 0 Å². The molecule has 1 nitrogen and oxygen atoms in total. The summed E-state index contributed by atoms with van der Waals surface area (Å²) >= 11 is 11.9. The van der Waals surface area contributed by atoms with Gasteiger partial charge in [-0.15, -0.1) is 0 Å². The molecule has 1 fully saturated rings. The molecule has 0 bridgehead atoms. The molecule has 0 amide bonds. The molecule has 1 aromatic rings. The molecule has 0 heterocycles. The third-order valence-corrected chi connectivity index (χ3v) is 3.85. The molecule has 0 radical (unpaired) electrons. The fourth-order valence-corrected chi connectivity index (χ4v) is 2.48. The Balaban J connectivity index is 2.12. The average molecular weight is 245 g/mol. The van der Waals surface area contributed by atoms with E-state index in [1.807, 2.05) is 18.2 Å². The van der Waals surface area contributed by atoms with Crippen LogP contribution in [-0.2, 0) is 0 Å². The molecule has 15 heavy (non-hydrogen) atoms. The standard InChI is InChI=1S/C12H14Cl2O/c13-11-6-3-9(7-12(11)14)8-1-4-10(15)5-2-8/h3,6-8,10,15H,1-2,4-5H2. The quantitative estimate of drug-likeness (QED) is 0.792. The molecule has 0 aromatic heterocycles. The van der Waals surface area contributed by atoms with E-state index < -0.39 is 0 Å². The first-order chi connectivity index (χ1) is 7.16. The molecular weight excluding hydrogens is 231 g/mol. The molecule has 0 saturated heterocycles. The van der Waals surface area contributed by atoms with Crippen molar-refractivity contribution in [2.45, 2.75) is 37.7 Å². The predicted molar refractivity (Wildman–Crippen MR) is 63.7 cm³/mol. The summed E-state index contributed by atoms with van der Waals surface area (Å²) in [5, 5.41) is 10.7. The van der Waals surface area contributed by atoms with Gasteiger partial charge < -0.3 is 5.11 Å². The summed E-state index contributed by atoms with van der Waals surface area (Å²) < 4.78 is 0. The highest BCUT2D eigenvalue weighted by Crippen LogP contribution is 2.35. The van der Waals surface area contributed by atoms with Crippen molar-refractivity contribution >= 4 is 23.2 Å². The minimum Gasteiger partial charge on any atom is -0.393 e. The molecule has 0 spiro atoms. The molecule has 82 valence electrons. The summed E-state index contributed by atoms with van der Waals surface area (Å²) in [5.74, 6) is 0.531. The second kappa shape index (κ2) is 4.73. The first-order valence-electron chi connectivity index (χ1n) is 5.30. The van der Waals surface area contributed by atoms with Gasteiger partial charge in [-0.2, -0.15) is 0 Å². The molecule has 3 heteroatoms. The van der Waals surface area contributed by atoms with Crippen LogP contribution in [0.25, 0.3) is 0 Å². The molecule has 0 aliphatic heterocycles. The van der Waals surface area contributed by atoms with Crippen LogP contribution in [0.4, 0.5) is 0 Å². The van der Waals surface area contributed by atoms with Crippen LogP contribution in [0.15, 0.2) is 18.2 Å². The van der Waals surface area contributed by atoms with Crippen molar-refractivity contribution in [2.24, 2.45) is 0 Å². The van der Waals surface area contributed by atoms with Crippen LogP contribution in [0.2, 0.25) is 10.0 Å². The highest BCUT2D eigenvalue weighted by Gasteiger charge is 2.20. The van der Waals surface area contributed by atoms with Gasteiger partial charge in [-0.1, -0.05) is 29.3 Å². The fraction of sp³-hybridized carbons (Fsp3) is 0.500. The van der Waals surface area contributed by atoms with E-state index >= 15 is 0 Å². The van der Waals surface area contributed by atoms with Crippen molar-refractivity contribution in [2.75, 3.05) is 0 Å². The summed E-state index contributed by atoms with van der Waals surface area (Å²) in [6, 6.07) is 5.84. The van der Waals surface area contributed by atoms with Gasteiger partial charge in [-0.3, -0.25) is 0 Å². The zero-order valence-electron chi connectivity index (χ0n) is 8.42. The van der Waals surface area contributed by atoms with Gasteiger partial charge in [0, 0.05) is 0 Å². The lowest BCUT2D eigenvalue weighted by atomic mass is 9.83. The van der Waals surface area contributed by atoms with E-state index in [0.29, 0.717) is 16.0 Å². The maximum absolute atomic E-state index is 9.43. The normalized spacial score (nSPS) is 26.6. The highest BCUT2D eigenvalue weighted by molar-refractivity contribution is 6.42. The van der Waals surface area contributed by atoms with Gasteiger partial charge >= 0.3 is 0 Å². The first-order valence-corrected chi connectivity index (χ1v) is 6.05.